The number of nitrogens with one attached hydrogen (secondary N) is 2. The van der Waals surface area contributed by atoms with Gasteiger partial charge in [0.15, 0.2) is 0 Å². The quantitative estimate of drug-likeness (QED) is 0.639. The van der Waals surface area contributed by atoms with Crippen molar-refractivity contribution >= 4 is 40.2 Å². The summed E-state index contributed by atoms with van der Waals surface area (Å²) in [6.45, 7) is 1.36. The summed E-state index contributed by atoms with van der Waals surface area (Å²) in [6, 6.07) is 10.3. The zero-order valence-electron chi connectivity index (χ0n) is 14.0. The van der Waals surface area contributed by atoms with Gasteiger partial charge in [0, 0.05) is 37.4 Å². The van der Waals surface area contributed by atoms with Gasteiger partial charge in [-0.15, -0.1) is 11.8 Å². The molecule has 0 saturated heterocycles. The number of pyridine rings is 1. The number of anilines is 3. The molecule has 1 aromatic carbocycles. The van der Waals surface area contributed by atoms with E-state index in [4.69, 9.17) is 4.74 Å². The van der Waals surface area contributed by atoms with Crippen LogP contribution in [0.15, 0.2) is 41.4 Å². The largest absolute Gasteiger partial charge is 0.383 e. The van der Waals surface area contributed by atoms with Gasteiger partial charge in [0.1, 0.15) is 11.3 Å². The van der Waals surface area contributed by atoms with E-state index in [9.17, 15) is 0 Å². The molecule has 2 heterocycles. The highest BCUT2D eigenvalue weighted by Crippen LogP contribution is 2.24. The first kappa shape index (κ1) is 16.6. The molecule has 24 heavy (non-hydrogen) atoms. The van der Waals surface area contributed by atoms with Crippen LogP contribution in [0.4, 0.5) is 17.5 Å². The van der Waals surface area contributed by atoms with Gasteiger partial charge in [-0.05, 0) is 30.5 Å². The second-order valence-electron chi connectivity index (χ2n) is 5.24. The Balaban J connectivity index is 1.91. The second-order valence-corrected chi connectivity index (χ2v) is 6.12. The minimum Gasteiger partial charge on any atom is -0.383 e. The first-order valence-corrected chi connectivity index (χ1v) is 8.91. The van der Waals surface area contributed by atoms with Crippen molar-refractivity contribution in [1.82, 2.24) is 14.5 Å². The third kappa shape index (κ3) is 3.47. The van der Waals surface area contributed by atoms with Crippen LogP contribution in [0.5, 0.6) is 0 Å². The van der Waals surface area contributed by atoms with Gasteiger partial charge in [0.2, 0.25) is 5.95 Å². The first-order valence-electron chi connectivity index (χ1n) is 7.69. The number of benzene rings is 1. The maximum atomic E-state index is 5.20. The van der Waals surface area contributed by atoms with E-state index in [0.29, 0.717) is 6.61 Å². The molecule has 0 unspecified atom stereocenters. The van der Waals surface area contributed by atoms with Crippen molar-refractivity contribution in [2.75, 3.05) is 37.7 Å². The van der Waals surface area contributed by atoms with Crippen LogP contribution in [0.2, 0.25) is 0 Å². The highest BCUT2D eigenvalue weighted by Gasteiger charge is 2.11. The minimum absolute atomic E-state index is 0.626. The summed E-state index contributed by atoms with van der Waals surface area (Å²) in [7, 11) is 3.56. The smallest absolute Gasteiger partial charge is 0.203 e. The molecule has 0 aliphatic heterocycles. The lowest BCUT2D eigenvalue weighted by Gasteiger charge is -2.09. The number of fused-ring (bicyclic) bond motifs is 1. The Morgan fingerprint density at radius 1 is 1.25 bits per heavy atom. The number of ether oxygens (including phenoxy) is 1. The predicted octanol–water partition coefficient (Wildman–Crippen LogP) is 3.58. The number of thioether (sulfide) groups is 1. The Labute approximate surface area is 145 Å². The molecule has 0 atom stereocenters. The molecule has 3 aromatic rings. The molecule has 2 aromatic heterocycles. The topological polar surface area (TPSA) is 64.0 Å². The van der Waals surface area contributed by atoms with Gasteiger partial charge in [-0.25, -0.2) is 9.97 Å². The summed E-state index contributed by atoms with van der Waals surface area (Å²) in [5.41, 5.74) is 2.89. The van der Waals surface area contributed by atoms with Crippen molar-refractivity contribution in [2.45, 2.75) is 11.4 Å². The summed E-state index contributed by atoms with van der Waals surface area (Å²) in [5.74, 6) is 1.60. The van der Waals surface area contributed by atoms with Gasteiger partial charge in [0.05, 0.1) is 18.3 Å². The number of rotatable bonds is 7. The van der Waals surface area contributed by atoms with Crippen LogP contribution >= 0.6 is 11.8 Å². The summed E-state index contributed by atoms with van der Waals surface area (Å²) in [4.78, 5) is 10.3. The van der Waals surface area contributed by atoms with Gasteiger partial charge in [0.25, 0.3) is 0 Å². The van der Waals surface area contributed by atoms with E-state index >= 15 is 0 Å². The van der Waals surface area contributed by atoms with Crippen molar-refractivity contribution < 1.29 is 4.74 Å². The van der Waals surface area contributed by atoms with Gasteiger partial charge in [-0.1, -0.05) is 0 Å². The van der Waals surface area contributed by atoms with Crippen LogP contribution in [0.3, 0.4) is 0 Å². The lowest BCUT2D eigenvalue weighted by Crippen LogP contribution is -2.08. The van der Waals surface area contributed by atoms with E-state index < -0.39 is 0 Å². The molecule has 0 amide bonds. The number of methoxy groups -OCH3 is 1. The average Bonchev–Trinajstić information content (AvgIpc) is 2.97. The Morgan fingerprint density at radius 2 is 2.04 bits per heavy atom. The fourth-order valence-electron chi connectivity index (χ4n) is 2.52. The predicted molar refractivity (Wildman–Crippen MR) is 100 cm³/mol. The molecule has 2 N–H and O–H groups in total. The van der Waals surface area contributed by atoms with Crippen molar-refractivity contribution in [2.24, 2.45) is 0 Å². The molecular weight excluding hydrogens is 322 g/mol. The minimum atomic E-state index is 0.626. The molecule has 6 nitrogen and oxygen atoms in total. The summed E-state index contributed by atoms with van der Waals surface area (Å²) < 4.78 is 7.30. The lowest BCUT2D eigenvalue weighted by molar-refractivity contribution is 0.189. The fraction of sp³-hybridized carbons (Fsp3) is 0.294. The van der Waals surface area contributed by atoms with E-state index in [2.05, 4.69) is 55.7 Å². The van der Waals surface area contributed by atoms with Crippen molar-refractivity contribution in [3.05, 3.63) is 36.5 Å². The van der Waals surface area contributed by atoms with Crippen LogP contribution in [0.1, 0.15) is 0 Å². The van der Waals surface area contributed by atoms with Crippen LogP contribution in [-0.2, 0) is 11.3 Å². The number of nitrogens with zero attached hydrogens (tertiary/aromatic N) is 3. The van der Waals surface area contributed by atoms with Crippen LogP contribution in [-0.4, -0.2) is 41.6 Å². The molecule has 0 radical (unpaired) electrons. The Morgan fingerprint density at radius 3 is 2.71 bits per heavy atom. The van der Waals surface area contributed by atoms with Gasteiger partial charge < -0.3 is 19.9 Å². The highest BCUT2D eigenvalue weighted by atomic mass is 32.2. The molecular formula is C17H21N5OS. The van der Waals surface area contributed by atoms with E-state index in [1.165, 1.54) is 4.90 Å². The number of aromatic nitrogens is 3. The third-order valence-corrected chi connectivity index (χ3v) is 4.48. The Bertz CT molecular complexity index is 816. The Kier molecular flexibility index (Phi) is 5.22. The van der Waals surface area contributed by atoms with Gasteiger partial charge in [-0.3, -0.25) is 0 Å². The SMILES string of the molecule is CNc1nc2cnc(Nc3ccc(SC)cc3)cc2n1CCOC. The van der Waals surface area contributed by atoms with E-state index in [-0.39, 0.29) is 0 Å². The molecule has 0 aliphatic carbocycles. The van der Waals surface area contributed by atoms with Crippen molar-refractivity contribution in [3.63, 3.8) is 0 Å². The van der Waals surface area contributed by atoms with Gasteiger partial charge >= 0.3 is 0 Å². The molecule has 0 aliphatic rings. The molecule has 0 spiro atoms. The number of imidazole rings is 1. The normalized spacial score (nSPS) is 11.0. The highest BCUT2D eigenvalue weighted by molar-refractivity contribution is 7.98. The van der Waals surface area contributed by atoms with Crippen LogP contribution in [0, 0.1) is 0 Å². The average molecular weight is 343 g/mol. The molecule has 126 valence electrons. The van der Waals surface area contributed by atoms with Crippen LogP contribution < -0.4 is 10.6 Å². The monoisotopic (exact) mass is 343 g/mol. The van der Waals surface area contributed by atoms with Crippen LogP contribution in [0.25, 0.3) is 11.0 Å². The zero-order valence-corrected chi connectivity index (χ0v) is 14.9. The Hall–Kier alpha value is -2.25. The fourth-order valence-corrected chi connectivity index (χ4v) is 2.93. The number of hydrogen-bond donors (Lipinski definition) is 2. The summed E-state index contributed by atoms with van der Waals surface area (Å²) in [6.07, 6.45) is 3.86. The van der Waals surface area contributed by atoms with Crippen molar-refractivity contribution in [3.8, 4) is 0 Å². The standard InChI is InChI=1S/C17H21N5OS/c1-18-17-21-14-11-19-16(10-15(14)22(17)8-9-23-2)20-12-4-6-13(24-3)7-5-12/h4-7,10-11H,8-9H2,1-3H3,(H,18,21)(H,19,20). The summed E-state index contributed by atoms with van der Waals surface area (Å²) >= 11 is 1.73. The first-order chi connectivity index (χ1) is 11.7. The summed E-state index contributed by atoms with van der Waals surface area (Å²) in [5, 5.41) is 6.47. The van der Waals surface area contributed by atoms with Crippen molar-refractivity contribution in [1.29, 1.82) is 0 Å². The number of hydrogen-bond acceptors (Lipinski definition) is 6. The lowest BCUT2D eigenvalue weighted by atomic mass is 10.3. The molecule has 3 rings (SSSR count). The molecule has 0 saturated carbocycles. The van der Waals surface area contributed by atoms with E-state index in [1.54, 1.807) is 25.1 Å². The zero-order chi connectivity index (χ0) is 16.9. The third-order valence-electron chi connectivity index (χ3n) is 3.74. The second kappa shape index (κ2) is 7.55. The molecule has 7 heteroatoms. The maximum absolute atomic E-state index is 5.20. The molecule has 0 fully saturated rings. The maximum Gasteiger partial charge on any atom is 0.203 e. The van der Waals surface area contributed by atoms with E-state index in [0.717, 1.165) is 35.0 Å². The molecule has 0 bridgehead atoms. The van der Waals surface area contributed by atoms with E-state index in [1.807, 2.05) is 13.1 Å². The van der Waals surface area contributed by atoms with Gasteiger partial charge in [-0.2, -0.15) is 0 Å².